The maximum absolute atomic E-state index is 13.3. The van der Waals surface area contributed by atoms with Crippen molar-refractivity contribution in [1.82, 2.24) is 4.98 Å². The lowest BCUT2D eigenvalue weighted by Gasteiger charge is -2.10. The molecule has 0 aliphatic carbocycles. The molecule has 0 aliphatic rings. The molecule has 0 bridgehead atoms. The first-order chi connectivity index (χ1) is 11.8. The Kier molecular flexibility index (Phi) is 5.88. The fourth-order valence-corrected chi connectivity index (χ4v) is 2.98. The van der Waals surface area contributed by atoms with Crippen LogP contribution in [0.5, 0.6) is 0 Å². The number of benzene rings is 1. The fraction of sp³-hybridized carbons (Fsp3) is 0.222. The van der Waals surface area contributed by atoms with E-state index in [0.717, 1.165) is 17.3 Å². The van der Waals surface area contributed by atoms with E-state index in [1.54, 1.807) is 19.9 Å². The molecule has 7 heteroatoms. The number of pyridine rings is 1. The third-order valence-electron chi connectivity index (χ3n) is 3.49. The van der Waals surface area contributed by atoms with Crippen LogP contribution in [0.3, 0.4) is 0 Å². The first kappa shape index (κ1) is 18.6. The number of anilines is 1. The number of hydrogen-bond acceptors (Lipinski definition) is 5. The standard InChI is InChI=1S/C18H16FN3O2S/c1-10-4-5-14(19)7-16(10)22-17(24)9-25-18-13(8-20)6-15(12(3)23)11(2)21-18/h4-7H,9H2,1-3H3,(H,22,24). The van der Waals surface area contributed by atoms with Crippen molar-refractivity contribution in [3.63, 3.8) is 0 Å². The van der Waals surface area contributed by atoms with Gasteiger partial charge in [0.05, 0.1) is 11.3 Å². The molecular weight excluding hydrogens is 341 g/mol. The summed E-state index contributed by atoms with van der Waals surface area (Å²) in [6.07, 6.45) is 0. The highest BCUT2D eigenvalue weighted by Crippen LogP contribution is 2.24. The summed E-state index contributed by atoms with van der Waals surface area (Å²) in [6, 6.07) is 7.63. The molecular formula is C18H16FN3O2S. The smallest absolute Gasteiger partial charge is 0.234 e. The lowest BCUT2D eigenvalue weighted by molar-refractivity contribution is -0.113. The molecule has 0 saturated carbocycles. The molecule has 0 spiro atoms. The van der Waals surface area contributed by atoms with E-state index in [0.29, 0.717) is 22.0 Å². The Bertz CT molecular complexity index is 891. The summed E-state index contributed by atoms with van der Waals surface area (Å²) in [5, 5.41) is 12.2. The SMILES string of the molecule is CC(=O)c1cc(C#N)c(SCC(=O)Nc2cc(F)ccc2C)nc1C. The second-order valence-corrected chi connectivity index (χ2v) is 6.40. The van der Waals surface area contributed by atoms with E-state index >= 15 is 0 Å². The average Bonchev–Trinajstić information content (AvgIpc) is 2.56. The minimum atomic E-state index is -0.433. The summed E-state index contributed by atoms with van der Waals surface area (Å²) >= 11 is 1.09. The molecule has 1 N–H and O–H groups in total. The Morgan fingerprint density at radius 1 is 1.32 bits per heavy atom. The molecule has 2 rings (SSSR count). The minimum absolute atomic E-state index is 0.0104. The second-order valence-electron chi connectivity index (χ2n) is 5.44. The number of ketones is 1. The van der Waals surface area contributed by atoms with Gasteiger partial charge in [-0.1, -0.05) is 17.8 Å². The molecule has 5 nitrogen and oxygen atoms in total. The first-order valence-electron chi connectivity index (χ1n) is 7.43. The number of Topliss-reactive ketones (excluding diaryl/α,β-unsaturated/α-hetero) is 1. The molecule has 25 heavy (non-hydrogen) atoms. The predicted molar refractivity (Wildman–Crippen MR) is 94.2 cm³/mol. The Labute approximate surface area is 149 Å². The quantitative estimate of drug-likeness (QED) is 0.652. The van der Waals surface area contributed by atoms with Crippen molar-refractivity contribution in [2.45, 2.75) is 25.8 Å². The number of amides is 1. The lowest BCUT2D eigenvalue weighted by atomic mass is 10.1. The van der Waals surface area contributed by atoms with Gasteiger partial charge in [0, 0.05) is 16.9 Å². The second kappa shape index (κ2) is 7.90. The van der Waals surface area contributed by atoms with Gasteiger partial charge in [-0.15, -0.1) is 0 Å². The van der Waals surface area contributed by atoms with Crippen LogP contribution in [0.25, 0.3) is 0 Å². The van der Waals surface area contributed by atoms with Crippen LogP contribution in [-0.4, -0.2) is 22.4 Å². The van der Waals surface area contributed by atoms with Crippen LogP contribution in [0, 0.1) is 31.0 Å². The number of aryl methyl sites for hydroxylation is 2. The first-order valence-corrected chi connectivity index (χ1v) is 8.42. The summed E-state index contributed by atoms with van der Waals surface area (Å²) < 4.78 is 13.3. The number of nitriles is 1. The van der Waals surface area contributed by atoms with Crippen LogP contribution >= 0.6 is 11.8 Å². The molecule has 1 aromatic carbocycles. The topological polar surface area (TPSA) is 82.8 Å². The zero-order chi connectivity index (χ0) is 18.6. The Balaban J connectivity index is 2.12. The van der Waals surface area contributed by atoms with Crippen molar-refractivity contribution in [2.75, 3.05) is 11.1 Å². The van der Waals surface area contributed by atoms with Crippen LogP contribution in [0.4, 0.5) is 10.1 Å². The van der Waals surface area contributed by atoms with Crippen LogP contribution in [-0.2, 0) is 4.79 Å². The maximum atomic E-state index is 13.3. The molecule has 0 fully saturated rings. The lowest BCUT2D eigenvalue weighted by Crippen LogP contribution is -2.15. The highest BCUT2D eigenvalue weighted by molar-refractivity contribution is 8.00. The molecule has 1 aromatic heterocycles. The Hall–Kier alpha value is -2.72. The third kappa shape index (κ3) is 4.64. The molecule has 0 radical (unpaired) electrons. The van der Waals surface area contributed by atoms with Gasteiger partial charge in [-0.05, 0) is 44.5 Å². The van der Waals surface area contributed by atoms with E-state index in [1.165, 1.54) is 25.1 Å². The van der Waals surface area contributed by atoms with Crippen molar-refractivity contribution in [1.29, 1.82) is 5.26 Å². The Morgan fingerprint density at radius 3 is 2.68 bits per heavy atom. The van der Waals surface area contributed by atoms with Crippen LogP contribution in [0.1, 0.15) is 34.1 Å². The van der Waals surface area contributed by atoms with E-state index in [2.05, 4.69) is 10.3 Å². The average molecular weight is 357 g/mol. The number of carbonyl (C=O) groups is 2. The summed E-state index contributed by atoms with van der Waals surface area (Å²) in [4.78, 5) is 27.9. The van der Waals surface area contributed by atoms with Crippen molar-refractivity contribution in [3.05, 3.63) is 52.5 Å². The maximum Gasteiger partial charge on any atom is 0.234 e. The number of rotatable bonds is 5. The zero-order valence-electron chi connectivity index (χ0n) is 14.0. The molecule has 1 amide bonds. The molecule has 1 heterocycles. The molecule has 0 atom stereocenters. The number of carbonyl (C=O) groups excluding carboxylic acids is 2. The van der Waals surface area contributed by atoms with Gasteiger partial charge < -0.3 is 5.32 Å². The van der Waals surface area contributed by atoms with Gasteiger partial charge in [0.1, 0.15) is 16.9 Å². The van der Waals surface area contributed by atoms with Crippen LogP contribution in [0.2, 0.25) is 0 Å². The predicted octanol–water partition coefficient (Wildman–Crippen LogP) is 3.64. The molecule has 0 aliphatic heterocycles. The summed E-state index contributed by atoms with van der Waals surface area (Å²) in [5.74, 6) is -0.927. The van der Waals surface area contributed by atoms with Crippen LogP contribution < -0.4 is 5.32 Å². The Morgan fingerprint density at radius 2 is 2.04 bits per heavy atom. The van der Waals surface area contributed by atoms with E-state index in [-0.39, 0.29) is 23.0 Å². The number of hydrogen-bond donors (Lipinski definition) is 1. The number of aromatic nitrogens is 1. The molecule has 0 saturated heterocycles. The molecule has 2 aromatic rings. The highest BCUT2D eigenvalue weighted by atomic mass is 32.2. The van der Waals surface area contributed by atoms with Gasteiger partial charge in [0.25, 0.3) is 0 Å². The van der Waals surface area contributed by atoms with E-state index < -0.39 is 5.82 Å². The van der Waals surface area contributed by atoms with Crippen molar-refractivity contribution >= 4 is 29.1 Å². The largest absolute Gasteiger partial charge is 0.325 e. The number of halogens is 1. The van der Waals surface area contributed by atoms with Crippen molar-refractivity contribution in [3.8, 4) is 6.07 Å². The third-order valence-corrected chi connectivity index (χ3v) is 4.48. The summed E-state index contributed by atoms with van der Waals surface area (Å²) in [6.45, 7) is 4.85. The minimum Gasteiger partial charge on any atom is -0.325 e. The van der Waals surface area contributed by atoms with E-state index in [9.17, 15) is 19.2 Å². The van der Waals surface area contributed by atoms with Gasteiger partial charge in [0.15, 0.2) is 5.78 Å². The van der Waals surface area contributed by atoms with Gasteiger partial charge in [-0.3, -0.25) is 9.59 Å². The van der Waals surface area contributed by atoms with Gasteiger partial charge in [-0.2, -0.15) is 5.26 Å². The van der Waals surface area contributed by atoms with Crippen molar-refractivity contribution in [2.24, 2.45) is 0 Å². The van der Waals surface area contributed by atoms with E-state index in [4.69, 9.17) is 0 Å². The number of nitrogens with zero attached hydrogens (tertiary/aromatic N) is 2. The molecule has 0 unspecified atom stereocenters. The molecule has 128 valence electrons. The van der Waals surface area contributed by atoms with Gasteiger partial charge >= 0.3 is 0 Å². The fourth-order valence-electron chi connectivity index (χ4n) is 2.18. The number of nitrogens with one attached hydrogen (secondary N) is 1. The number of thioether (sulfide) groups is 1. The normalized spacial score (nSPS) is 10.2. The highest BCUT2D eigenvalue weighted by Gasteiger charge is 2.14. The monoisotopic (exact) mass is 357 g/mol. The van der Waals surface area contributed by atoms with Gasteiger partial charge in [0.2, 0.25) is 5.91 Å². The van der Waals surface area contributed by atoms with E-state index in [1.807, 2.05) is 6.07 Å². The zero-order valence-corrected chi connectivity index (χ0v) is 14.8. The summed E-state index contributed by atoms with van der Waals surface area (Å²) in [7, 11) is 0. The summed E-state index contributed by atoms with van der Waals surface area (Å²) in [5.41, 5.74) is 2.30. The van der Waals surface area contributed by atoms with Gasteiger partial charge in [-0.25, -0.2) is 9.37 Å². The van der Waals surface area contributed by atoms with Crippen LogP contribution in [0.15, 0.2) is 29.3 Å². The van der Waals surface area contributed by atoms with Crippen molar-refractivity contribution < 1.29 is 14.0 Å².